The van der Waals surface area contributed by atoms with Crippen LogP contribution in [0.2, 0.25) is 0 Å². The molecule has 0 aliphatic heterocycles. The Labute approximate surface area is 92.7 Å². The highest BCUT2D eigenvalue weighted by Crippen LogP contribution is 2.04. The molecule has 2 rings (SSSR count). The number of nitrogen functional groups attached to an aromatic ring is 1. The van der Waals surface area contributed by atoms with E-state index < -0.39 is 0 Å². The third-order valence-corrected chi connectivity index (χ3v) is 2.14. The molecule has 0 fully saturated rings. The predicted octanol–water partition coefficient (Wildman–Crippen LogP) is 0.282. The van der Waals surface area contributed by atoms with Crippen LogP contribution in [0.1, 0.15) is 12.7 Å². The molecule has 0 saturated carbocycles. The van der Waals surface area contributed by atoms with Gasteiger partial charge in [-0.05, 0) is 6.92 Å². The fraction of sp³-hybridized carbons (Fsp3) is 0.333. The molecular formula is C9H13N7. The number of hydrogen-bond donors (Lipinski definition) is 2. The summed E-state index contributed by atoms with van der Waals surface area (Å²) >= 11 is 0. The minimum Gasteiger partial charge on any atom is -0.382 e. The average Bonchev–Trinajstić information content (AvgIpc) is 2.76. The van der Waals surface area contributed by atoms with Crippen molar-refractivity contribution in [2.45, 2.75) is 20.0 Å². The Hall–Kier alpha value is -2.18. The second kappa shape index (κ2) is 4.56. The molecule has 84 valence electrons. The van der Waals surface area contributed by atoms with Crippen molar-refractivity contribution < 1.29 is 0 Å². The van der Waals surface area contributed by atoms with E-state index in [1.807, 2.05) is 11.5 Å². The smallest absolute Gasteiger partial charge is 0.152 e. The van der Waals surface area contributed by atoms with Crippen LogP contribution in [0.3, 0.4) is 0 Å². The van der Waals surface area contributed by atoms with Crippen LogP contribution in [-0.2, 0) is 13.1 Å². The first-order chi connectivity index (χ1) is 7.79. The standard InChI is InChI=1S/C9H13N7/c1-2-16-6-14-15-9(16)5-13-8-4-11-7(10)3-12-8/h3-4,6H,2,5H2,1H3,(H2,10,11)(H,12,13). The Bertz CT molecular complexity index is 447. The number of nitrogens with zero attached hydrogens (tertiary/aromatic N) is 5. The van der Waals surface area contributed by atoms with E-state index in [0.29, 0.717) is 18.2 Å². The molecule has 16 heavy (non-hydrogen) atoms. The maximum absolute atomic E-state index is 5.44. The highest BCUT2D eigenvalue weighted by Gasteiger charge is 2.02. The first kappa shape index (κ1) is 10.3. The van der Waals surface area contributed by atoms with Crippen LogP contribution in [0.4, 0.5) is 11.6 Å². The summed E-state index contributed by atoms with van der Waals surface area (Å²) in [7, 11) is 0. The number of nitrogens with two attached hydrogens (primary N) is 1. The third kappa shape index (κ3) is 2.25. The van der Waals surface area contributed by atoms with E-state index in [9.17, 15) is 0 Å². The largest absolute Gasteiger partial charge is 0.382 e. The zero-order chi connectivity index (χ0) is 11.4. The van der Waals surface area contributed by atoms with E-state index in [2.05, 4.69) is 25.5 Å². The van der Waals surface area contributed by atoms with Gasteiger partial charge in [0.05, 0.1) is 18.9 Å². The normalized spacial score (nSPS) is 10.3. The molecule has 0 radical (unpaired) electrons. The van der Waals surface area contributed by atoms with Crippen molar-refractivity contribution in [1.82, 2.24) is 24.7 Å². The zero-order valence-corrected chi connectivity index (χ0v) is 8.96. The summed E-state index contributed by atoms with van der Waals surface area (Å²) in [5.41, 5.74) is 5.44. The van der Waals surface area contributed by atoms with Gasteiger partial charge in [0.15, 0.2) is 5.82 Å². The summed E-state index contributed by atoms with van der Waals surface area (Å²) < 4.78 is 1.96. The van der Waals surface area contributed by atoms with Crippen LogP contribution >= 0.6 is 0 Å². The first-order valence-electron chi connectivity index (χ1n) is 4.97. The van der Waals surface area contributed by atoms with Gasteiger partial charge < -0.3 is 15.6 Å². The van der Waals surface area contributed by atoms with Crippen LogP contribution in [0.15, 0.2) is 18.7 Å². The molecule has 0 amide bonds. The molecule has 0 saturated heterocycles. The lowest BCUT2D eigenvalue weighted by molar-refractivity contribution is 0.707. The lowest BCUT2D eigenvalue weighted by atomic mass is 10.5. The summed E-state index contributed by atoms with van der Waals surface area (Å²) in [4.78, 5) is 8.01. The van der Waals surface area contributed by atoms with Crippen LogP contribution in [0, 0.1) is 0 Å². The molecular weight excluding hydrogens is 206 g/mol. The summed E-state index contributed by atoms with van der Waals surface area (Å²) in [5, 5.41) is 10.9. The van der Waals surface area contributed by atoms with Gasteiger partial charge in [0, 0.05) is 6.54 Å². The molecule has 2 heterocycles. The number of hydrogen-bond acceptors (Lipinski definition) is 6. The van der Waals surface area contributed by atoms with Crippen molar-refractivity contribution in [3.8, 4) is 0 Å². The summed E-state index contributed by atoms with van der Waals surface area (Å²) in [5.74, 6) is 1.93. The molecule has 2 aromatic rings. The quantitative estimate of drug-likeness (QED) is 0.767. The third-order valence-electron chi connectivity index (χ3n) is 2.14. The highest BCUT2D eigenvalue weighted by atomic mass is 15.3. The van der Waals surface area contributed by atoms with Crippen LogP contribution < -0.4 is 11.1 Å². The SMILES string of the molecule is CCn1cnnc1CNc1cnc(N)cn1. The maximum Gasteiger partial charge on any atom is 0.152 e. The maximum atomic E-state index is 5.44. The van der Waals surface area contributed by atoms with Crippen molar-refractivity contribution in [3.63, 3.8) is 0 Å². The van der Waals surface area contributed by atoms with Gasteiger partial charge in [-0.3, -0.25) is 0 Å². The molecule has 0 aliphatic carbocycles. The lowest BCUT2D eigenvalue weighted by Crippen LogP contribution is -2.08. The van der Waals surface area contributed by atoms with E-state index >= 15 is 0 Å². The van der Waals surface area contributed by atoms with Crippen molar-refractivity contribution >= 4 is 11.6 Å². The molecule has 3 N–H and O–H groups in total. The number of rotatable bonds is 4. The van der Waals surface area contributed by atoms with Gasteiger partial charge in [-0.1, -0.05) is 0 Å². The Morgan fingerprint density at radius 1 is 1.38 bits per heavy atom. The Kier molecular flexibility index (Phi) is 2.95. The van der Waals surface area contributed by atoms with Gasteiger partial charge in [-0.15, -0.1) is 10.2 Å². The second-order valence-corrected chi connectivity index (χ2v) is 3.21. The minimum absolute atomic E-state index is 0.405. The topological polar surface area (TPSA) is 94.5 Å². The molecule has 0 atom stereocenters. The van der Waals surface area contributed by atoms with Gasteiger partial charge in [-0.2, -0.15) is 0 Å². The molecule has 2 aromatic heterocycles. The van der Waals surface area contributed by atoms with E-state index in [0.717, 1.165) is 12.4 Å². The van der Waals surface area contributed by atoms with Crippen molar-refractivity contribution in [3.05, 3.63) is 24.5 Å². The monoisotopic (exact) mass is 219 g/mol. The van der Waals surface area contributed by atoms with Crippen molar-refractivity contribution in [2.75, 3.05) is 11.1 Å². The molecule has 0 aliphatic rings. The van der Waals surface area contributed by atoms with Gasteiger partial charge in [0.1, 0.15) is 18.0 Å². The van der Waals surface area contributed by atoms with E-state index in [1.165, 1.54) is 6.20 Å². The Balaban J connectivity index is 1.99. The summed E-state index contributed by atoms with van der Waals surface area (Å²) in [6.45, 7) is 3.44. The minimum atomic E-state index is 0.405. The molecule has 0 spiro atoms. The van der Waals surface area contributed by atoms with Gasteiger partial charge in [-0.25, -0.2) is 9.97 Å². The van der Waals surface area contributed by atoms with Crippen LogP contribution in [0.5, 0.6) is 0 Å². The second-order valence-electron chi connectivity index (χ2n) is 3.21. The molecule has 0 bridgehead atoms. The van der Waals surface area contributed by atoms with E-state index in [-0.39, 0.29) is 0 Å². The lowest BCUT2D eigenvalue weighted by Gasteiger charge is -2.05. The Morgan fingerprint density at radius 2 is 2.25 bits per heavy atom. The van der Waals surface area contributed by atoms with Crippen LogP contribution in [-0.4, -0.2) is 24.7 Å². The van der Waals surface area contributed by atoms with Gasteiger partial charge >= 0.3 is 0 Å². The van der Waals surface area contributed by atoms with Gasteiger partial charge in [0.2, 0.25) is 0 Å². The van der Waals surface area contributed by atoms with Gasteiger partial charge in [0.25, 0.3) is 0 Å². The average molecular weight is 219 g/mol. The van der Waals surface area contributed by atoms with Crippen molar-refractivity contribution in [2.24, 2.45) is 0 Å². The summed E-state index contributed by atoms with van der Waals surface area (Å²) in [6, 6.07) is 0. The zero-order valence-electron chi connectivity index (χ0n) is 8.96. The first-order valence-corrected chi connectivity index (χ1v) is 4.97. The number of aryl methyl sites for hydroxylation is 1. The van der Waals surface area contributed by atoms with E-state index in [4.69, 9.17) is 5.73 Å². The molecule has 7 nitrogen and oxygen atoms in total. The fourth-order valence-electron chi connectivity index (χ4n) is 1.28. The number of nitrogens with one attached hydrogen (secondary N) is 1. The molecule has 0 aromatic carbocycles. The fourth-order valence-corrected chi connectivity index (χ4v) is 1.28. The predicted molar refractivity (Wildman–Crippen MR) is 59.5 cm³/mol. The molecule has 7 heteroatoms. The highest BCUT2D eigenvalue weighted by molar-refractivity contribution is 5.35. The molecule has 0 unspecified atom stereocenters. The number of aromatic nitrogens is 5. The van der Waals surface area contributed by atoms with Crippen LogP contribution in [0.25, 0.3) is 0 Å². The number of anilines is 2. The van der Waals surface area contributed by atoms with E-state index in [1.54, 1.807) is 12.5 Å². The summed E-state index contributed by atoms with van der Waals surface area (Å²) in [6.07, 6.45) is 4.79. The Morgan fingerprint density at radius 3 is 2.94 bits per heavy atom. The van der Waals surface area contributed by atoms with Crippen molar-refractivity contribution in [1.29, 1.82) is 0 Å².